The van der Waals surface area contributed by atoms with Crippen LogP contribution < -0.4 is 7.16 Å². The summed E-state index contributed by atoms with van der Waals surface area (Å²) in [6.45, 7) is 0. The van der Waals surface area contributed by atoms with Gasteiger partial charge in [0.05, 0.1) is 0 Å². The first-order valence-electron chi connectivity index (χ1n) is 6.59. The Labute approximate surface area is 123 Å². The van der Waals surface area contributed by atoms with E-state index >= 15 is 0 Å². The fourth-order valence-corrected chi connectivity index (χ4v) is 21.4. The molecule has 2 aromatic rings. The van der Waals surface area contributed by atoms with Crippen LogP contribution in [0, 0.1) is 5.92 Å². The molecule has 1 fully saturated rings. The van der Waals surface area contributed by atoms with Gasteiger partial charge >= 0.3 is 124 Å². The summed E-state index contributed by atoms with van der Waals surface area (Å²) in [5.41, 5.74) is 0. The van der Waals surface area contributed by atoms with Gasteiger partial charge in [0.15, 0.2) is 0 Å². The van der Waals surface area contributed by atoms with Gasteiger partial charge in [-0.25, -0.2) is 0 Å². The monoisotopic (exact) mass is 456 g/mol. The molecule has 0 N–H and O–H groups in total. The molecule has 0 atom stereocenters. The molecule has 92 valence electrons. The zero-order valence-corrected chi connectivity index (χ0v) is 15.4. The van der Waals surface area contributed by atoms with E-state index in [1.54, 1.807) is 7.16 Å². The molecule has 0 nitrogen and oxygen atoms in total. The third-order valence-electron chi connectivity index (χ3n) is 3.73. The van der Waals surface area contributed by atoms with Gasteiger partial charge in [-0.2, -0.15) is 0 Å². The fraction of sp³-hybridized carbons (Fsp3) is 0.250. The molecule has 1 aliphatic carbocycles. The van der Waals surface area contributed by atoms with E-state index < -0.39 is 14.4 Å². The van der Waals surface area contributed by atoms with Crippen molar-refractivity contribution in [3.8, 4) is 0 Å². The molecule has 0 unspecified atom stereocenters. The molecule has 0 saturated heterocycles. The summed E-state index contributed by atoms with van der Waals surface area (Å²) in [5.74, 6) is 1.01. The Balaban J connectivity index is 2.03. The van der Waals surface area contributed by atoms with Gasteiger partial charge in [-0.15, -0.1) is 0 Å². The SMILES string of the molecule is [I][Sn]([CH2]C1CC1)([c]1ccccc1)[c]1ccccc1. The summed E-state index contributed by atoms with van der Waals surface area (Å²) in [7, 11) is 0. The summed E-state index contributed by atoms with van der Waals surface area (Å²) in [6, 6.07) is 22.5. The predicted molar refractivity (Wildman–Crippen MR) is 89.5 cm³/mol. The summed E-state index contributed by atoms with van der Waals surface area (Å²) in [5, 5.41) is 0. The van der Waals surface area contributed by atoms with Gasteiger partial charge in [0.25, 0.3) is 0 Å². The van der Waals surface area contributed by atoms with Crippen LogP contribution in [0.15, 0.2) is 60.7 Å². The number of benzene rings is 2. The maximum atomic E-state index is 2.87. The predicted octanol–water partition coefficient (Wildman–Crippen LogP) is 3.59. The molecule has 1 aliphatic rings. The second-order valence-corrected chi connectivity index (χ2v) is 26.6. The van der Waals surface area contributed by atoms with Crippen LogP contribution in [0.4, 0.5) is 0 Å². The average Bonchev–Trinajstić information content (AvgIpc) is 3.24. The quantitative estimate of drug-likeness (QED) is 0.489. The van der Waals surface area contributed by atoms with Crippen LogP contribution >= 0.6 is 18.6 Å². The van der Waals surface area contributed by atoms with E-state index in [2.05, 4.69) is 79.3 Å². The molecule has 2 aromatic carbocycles. The van der Waals surface area contributed by atoms with E-state index in [0.29, 0.717) is 0 Å². The second-order valence-electron chi connectivity index (χ2n) is 5.18. The topological polar surface area (TPSA) is 0 Å². The van der Waals surface area contributed by atoms with Crippen LogP contribution in [0.25, 0.3) is 0 Å². The van der Waals surface area contributed by atoms with Crippen molar-refractivity contribution in [1.82, 2.24) is 0 Å². The van der Waals surface area contributed by atoms with E-state index in [1.807, 2.05) is 0 Å². The number of halogens is 1. The molecule has 2 heteroatoms. The summed E-state index contributed by atoms with van der Waals surface area (Å²) >= 11 is 0.483. The Morgan fingerprint density at radius 1 is 0.833 bits per heavy atom. The molecular formula is C16H17ISn. The van der Waals surface area contributed by atoms with Crippen molar-refractivity contribution in [1.29, 1.82) is 0 Å². The Kier molecular flexibility index (Phi) is 3.99. The van der Waals surface area contributed by atoms with Crippen LogP contribution in [0.5, 0.6) is 0 Å². The van der Waals surface area contributed by atoms with Crippen molar-refractivity contribution in [3.63, 3.8) is 0 Å². The second kappa shape index (κ2) is 5.53. The zero-order chi connectivity index (χ0) is 12.4. The molecule has 0 aromatic heterocycles. The van der Waals surface area contributed by atoms with Gasteiger partial charge in [0, 0.05) is 0 Å². The maximum absolute atomic E-state index is 2.87. The van der Waals surface area contributed by atoms with Crippen molar-refractivity contribution in [2.75, 3.05) is 0 Å². The Morgan fingerprint density at radius 2 is 1.28 bits per heavy atom. The van der Waals surface area contributed by atoms with Gasteiger partial charge in [0.1, 0.15) is 0 Å². The van der Waals surface area contributed by atoms with Crippen LogP contribution in [0.1, 0.15) is 12.8 Å². The molecule has 0 aliphatic heterocycles. The summed E-state index contributed by atoms with van der Waals surface area (Å²) < 4.78 is 4.76. The van der Waals surface area contributed by atoms with Crippen LogP contribution in [-0.4, -0.2) is 14.4 Å². The summed E-state index contributed by atoms with van der Waals surface area (Å²) in [4.78, 5) is 0. The molecule has 0 bridgehead atoms. The Hall–Kier alpha value is -0.0313. The molecule has 0 spiro atoms. The van der Waals surface area contributed by atoms with Crippen molar-refractivity contribution >= 4 is 40.2 Å². The third-order valence-corrected chi connectivity index (χ3v) is 25.4. The van der Waals surface area contributed by atoms with E-state index in [1.165, 1.54) is 17.3 Å². The minimum atomic E-state index is -2.39. The van der Waals surface area contributed by atoms with Gasteiger partial charge in [0.2, 0.25) is 0 Å². The molecular weight excluding hydrogens is 438 g/mol. The normalized spacial score (nSPS) is 15.6. The van der Waals surface area contributed by atoms with Gasteiger partial charge in [-0.05, 0) is 0 Å². The van der Waals surface area contributed by atoms with Gasteiger partial charge in [-0.3, -0.25) is 0 Å². The number of hydrogen-bond donors (Lipinski definition) is 0. The molecule has 0 heterocycles. The van der Waals surface area contributed by atoms with E-state index in [-0.39, 0.29) is 0 Å². The van der Waals surface area contributed by atoms with Crippen LogP contribution in [-0.2, 0) is 0 Å². The first kappa shape index (κ1) is 13.0. The van der Waals surface area contributed by atoms with Gasteiger partial charge in [-0.1, -0.05) is 0 Å². The van der Waals surface area contributed by atoms with E-state index in [4.69, 9.17) is 0 Å². The standard InChI is InChI=1S/2C6H5.C4H7.HI.Sn/c2*1-2-4-6-5-3-1;1-4-2-3-4;;/h2*1-5H;4H,1-3H2;1H;/q;;;;+1/p-1. The van der Waals surface area contributed by atoms with Crippen molar-refractivity contribution in [3.05, 3.63) is 60.7 Å². The van der Waals surface area contributed by atoms with Gasteiger partial charge < -0.3 is 0 Å². The van der Waals surface area contributed by atoms with Crippen LogP contribution in [0.2, 0.25) is 4.44 Å². The molecule has 18 heavy (non-hydrogen) atoms. The fourth-order valence-electron chi connectivity index (χ4n) is 2.53. The van der Waals surface area contributed by atoms with Crippen molar-refractivity contribution < 1.29 is 0 Å². The van der Waals surface area contributed by atoms with Crippen molar-refractivity contribution in [2.24, 2.45) is 5.92 Å². The Morgan fingerprint density at radius 3 is 1.67 bits per heavy atom. The molecule has 0 amide bonds. The van der Waals surface area contributed by atoms with E-state index in [0.717, 1.165) is 5.92 Å². The minimum absolute atomic E-state index is 1.01. The number of hydrogen-bond acceptors (Lipinski definition) is 0. The number of rotatable bonds is 4. The average molecular weight is 455 g/mol. The third kappa shape index (κ3) is 2.77. The molecule has 1 saturated carbocycles. The van der Waals surface area contributed by atoms with E-state index in [9.17, 15) is 0 Å². The molecule has 0 radical (unpaired) electrons. The summed E-state index contributed by atoms with van der Waals surface area (Å²) in [6.07, 6.45) is 2.92. The first-order chi connectivity index (χ1) is 8.79. The van der Waals surface area contributed by atoms with Crippen molar-refractivity contribution in [2.45, 2.75) is 17.3 Å². The van der Waals surface area contributed by atoms with Crippen LogP contribution in [0.3, 0.4) is 0 Å². The first-order valence-corrected chi connectivity index (χ1v) is 19.8. The molecule has 3 rings (SSSR count). The Bertz CT molecular complexity index is 466. The zero-order valence-electron chi connectivity index (χ0n) is 10.4.